The molecule has 32 heavy (non-hydrogen) atoms. The number of benzene rings is 2. The summed E-state index contributed by atoms with van der Waals surface area (Å²) < 4.78 is 15.1. The summed E-state index contributed by atoms with van der Waals surface area (Å²) in [5.41, 5.74) is 1.08. The zero-order chi connectivity index (χ0) is 23.2. The summed E-state index contributed by atoms with van der Waals surface area (Å²) in [6.07, 6.45) is 1.92. The average molecular weight is 503 g/mol. The number of nitrogens with zero attached hydrogens (tertiary/aromatic N) is 3. The number of aromatic nitrogens is 1. The average Bonchev–Trinajstić information content (AvgIpc) is 3.16. The van der Waals surface area contributed by atoms with Crippen molar-refractivity contribution in [2.45, 2.75) is 24.9 Å². The van der Waals surface area contributed by atoms with Crippen molar-refractivity contribution < 1.29 is 18.9 Å². The molecule has 10 heteroatoms. The number of piperazine rings is 1. The van der Waals surface area contributed by atoms with Crippen LogP contribution in [0.1, 0.15) is 11.1 Å². The standard InChI is InChI=1S/C22H20BrFN4O4/c1-26-17(9-12-3-5-14(23)6-4-12)21(29)27(2)18(22(26)30)10-13-11-25-16-8-7-15(24)20(19(13)16)28(31)32/h3-8,11,17-18,25H,9-10H2,1-2H3/t17-,18-/m0/s1. The van der Waals surface area contributed by atoms with Gasteiger partial charge in [0.05, 0.1) is 15.8 Å². The fraction of sp³-hybridized carbons (Fsp3) is 0.273. The monoisotopic (exact) mass is 502 g/mol. The third-order valence-corrected chi connectivity index (χ3v) is 6.52. The molecule has 3 aromatic rings. The van der Waals surface area contributed by atoms with Crippen molar-refractivity contribution in [2.75, 3.05) is 14.1 Å². The van der Waals surface area contributed by atoms with Crippen LogP contribution < -0.4 is 0 Å². The Kier molecular flexibility index (Phi) is 5.72. The fourth-order valence-corrected chi connectivity index (χ4v) is 4.46. The number of aromatic amines is 1. The van der Waals surface area contributed by atoms with Crippen molar-refractivity contribution in [1.29, 1.82) is 0 Å². The Bertz CT molecular complexity index is 1230. The Morgan fingerprint density at radius 2 is 1.62 bits per heavy atom. The Balaban J connectivity index is 1.63. The number of rotatable bonds is 5. The first-order valence-electron chi connectivity index (χ1n) is 9.89. The van der Waals surface area contributed by atoms with Gasteiger partial charge in [-0.05, 0) is 35.4 Å². The second-order valence-electron chi connectivity index (χ2n) is 7.85. The van der Waals surface area contributed by atoms with Crippen LogP contribution in [0.25, 0.3) is 10.9 Å². The van der Waals surface area contributed by atoms with E-state index in [2.05, 4.69) is 20.9 Å². The Morgan fingerprint density at radius 3 is 2.22 bits per heavy atom. The number of hydrogen-bond donors (Lipinski definition) is 1. The number of carbonyl (C=O) groups excluding carboxylic acids is 2. The number of likely N-dealkylation sites (N-methyl/N-ethyl adjacent to an activating group) is 2. The predicted octanol–water partition coefficient (Wildman–Crippen LogP) is 3.43. The van der Waals surface area contributed by atoms with Crippen LogP contribution in [0.4, 0.5) is 10.1 Å². The first-order valence-corrected chi connectivity index (χ1v) is 10.7. The van der Waals surface area contributed by atoms with Crippen LogP contribution in [-0.4, -0.2) is 57.7 Å². The van der Waals surface area contributed by atoms with Crippen LogP contribution in [-0.2, 0) is 22.4 Å². The van der Waals surface area contributed by atoms with Gasteiger partial charge in [0.25, 0.3) is 0 Å². The molecule has 1 aromatic heterocycles. The van der Waals surface area contributed by atoms with E-state index in [1.807, 2.05) is 24.3 Å². The molecule has 1 aliphatic heterocycles. The summed E-state index contributed by atoms with van der Waals surface area (Å²) in [5, 5.41) is 11.6. The van der Waals surface area contributed by atoms with E-state index in [0.29, 0.717) is 17.5 Å². The van der Waals surface area contributed by atoms with Crippen LogP contribution in [0.15, 0.2) is 47.1 Å². The summed E-state index contributed by atoms with van der Waals surface area (Å²) >= 11 is 3.38. The number of carbonyl (C=O) groups is 2. The van der Waals surface area contributed by atoms with Gasteiger partial charge in [-0.2, -0.15) is 4.39 Å². The molecule has 0 aliphatic carbocycles. The number of nitro benzene ring substituents is 1. The second kappa shape index (κ2) is 8.34. The maximum atomic E-state index is 14.2. The minimum absolute atomic E-state index is 0.0285. The van der Waals surface area contributed by atoms with Crippen molar-refractivity contribution in [2.24, 2.45) is 0 Å². The summed E-state index contributed by atoms with van der Waals surface area (Å²) in [6.45, 7) is 0. The predicted molar refractivity (Wildman–Crippen MR) is 120 cm³/mol. The minimum atomic E-state index is -0.950. The van der Waals surface area contributed by atoms with Crippen molar-refractivity contribution in [3.05, 3.63) is 74.1 Å². The van der Waals surface area contributed by atoms with E-state index < -0.39 is 28.5 Å². The van der Waals surface area contributed by atoms with Gasteiger partial charge in [-0.25, -0.2) is 0 Å². The molecule has 0 unspecified atom stereocenters. The quantitative estimate of drug-likeness (QED) is 0.426. The molecule has 1 fully saturated rings. The number of amides is 2. The molecular weight excluding hydrogens is 483 g/mol. The molecule has 0 bridgehead atoms. The van der Waals surface area contributed by atoms with E-state index in [4.69, 9.17) is 0 Å². The molecule has 166 valence electrons. The number of fused-ring (bicyclic) bond motifs is 1. The SMILES string of the molecule is CN1C(=O)[C@H](Cc2c[nH]c3ccc(F)c([N+](=O)[O-])c23)N(C)C(=O)[C@@H]1Cc1ccc(Br)cc1. The second-order valence-corrected chi connectivity index (χ2v) is 8.77. The Hall–Kier alpha value is -3.27. The van der Waals surface area contributed by atoms with E-state index in [9.17, 15) is 24.1 Å². The van der Waals surface area contributed by atoms with E-state index >= 15 is 0 Å². The number of H-pyrrole nitrogens is 1. The summed E-state index contributed by atoms with van der Waals surface area (Å²) in [5.74, 6) is -1.45. The highest BCUT2D eigenvalue weighted by atomic mass is 79.9. The maximum absolute atomic E-state index is 14.2. The molecule has 1 saturated heterocycles. The molecular formula is C22H20BrFN4O4. The van der Waals surface area contributed by atoms with E-state index in [-0.39, 0.29) is 23.6 Å². The van der Waals surface area contributed by atoms with Gasteiger partial charge < -0.3 is 14.8 Å². The van der Waals surface area contributed by atoms with Crippen molar-refractivity contribution in [3.63, 3.8) is 0 Å². The highest BCUT2D eigenvalue weighted by Gasteiger charge is 2.43. The summed E-state index contributed by atoms with van der Waals surface area (Å²) in [6, 6.07) is 8.47. The largest absolute Gasteiger partial charge is 0.361 e. The zero-order valence-corrected chi connectivity index (χ0v) is 18.9. The van der Waals surface area contributed by atoms with Gasteiger partial charge in [0.2, 0.25) is 17.6 Å². The third-order valence-electron chi connectivity index (χ3n) is 5.99. The molecule has 8 nitrogen and oxygen atoms in total. The van der Waals surface area contributed by atoms with Crippen molar-refractivity contribution >= 4 is 44.3 Å². The molecule has 2 heterocycles. The van der Waals surface area contributed by atoms with Gasteiger partial charge in [-0.3, -0.25) is 19.7 Å². The number of nitro groups is 1. The smallest absolute Gasteiger partial charge is 0.314 e. The Morgan fingerprint density at radius 1 is 1.03 bits per heavy atom. The topological polar surface area (TPSA) is 99.5 Å². The number of hydrogen-bond acceptors (Lipinski definition) is 4. The lowest BCUT2D eigenvalue weighted by Crippen LogP contribution is -2.63. The van der Waals surface area contributed by atoms with Gasteiger partial charge in [0.15, 0.2) is 0 Å². The number of halogens is 2. The lowest BCUT2D eigenvalue weighted by atomic mass is 9.95. The molecule has 0 saturated carbocycles. The van der Waals surface area contributed by atoms with Crippen LogP contribution >= 0.6 is 15.9 Å². The zero-order valence-electron chi connectivity index (χ0n) is 17.3. The molecule has 1 N–H and O–H groups in total. The molecule has 0 radical (unpaired) electrons. The maximum Gasteiger partial charge on any atom is 0.314 e. The van der Waals surface area contributed by atoms with Gasteiger partial charge in [-0.1, -0.05) is 28.1 Å². The number of nitrogens with one attached hydrogen (secondary N) is 1. The molecule has 2 atom stereocenters. The molecule has 1 aliphatic rings. The van der Waals surface area contributed by atoms with Gasteiger partial charge in [-0.15, -0.1) is 0 Å². The fourth-order valence-electron chi connectivity index (χ4n) is 4.20. The molecule has 2 aromatic carbocycles. The van der Waals surface area contributed by atoms with Crippen molar-refractivity contribution in [3.8, 4) is 0 Å². The molecule has 0 spiro atoms. The molecule has 4 rings (SSSR count). The van der Waals surface area contributed by atoms with Crippen LogP contribution in [0.5, 0.6) is 0 Å². The van der Waals surface area contributed by atoms with Crippen LogP contribution in [0, 0.1) is 15.9 Å². The highest BCUT2D eigenvalue weighted by Crippen LogP contribution is 2.33. The van der Waals surface area contributed by atoms with Gasteiger partial charge in [0.1, 0.15) is 12.1 Å². The van der Waals surface area contributed by atoms with Crippen molar-refractivity contribution in [1.82, 2.24) is 14.8 Å². The first kappa shape index (κ1) is 21.9. The van der Waals surface area contributed by atoms with Crippen LogP contribution in [0.3, 0.4) is 0 Å². The van der Waals surface area contributed by atoms with Gasteiger partial charge in [0, 0.05) is 37.6 Å². The third kappa shape index (κ3) is 3.75. The molecule has 2 amide bonds. The lowest BCUT2D eigenvalue weighted by Gasteiger charge is -2.42. The van der Waals surface area contributed by atoms with E-state index in [0.717, 1.165) is 16.1 Å². The lowest BCUT2D eigenvalue weighted by molar-refractivity contribution is -0.385. The van der Waals surface area contributed by atoms with E-state index in [1.165, 1.54) is 22.1 Å². The first-order chi connectivity index (χ1) is 15.2. The summed E-state index contributed by atoms with van der Waals surface area (Å²) in [4.78, 5) is 42.7. The highest BCUT2D eigenvalue weighted by molar-refractivity contribution is 9.10. The minimum Gasteiger partial charge on any atom is -0.361 e. The van der Waals surface area contributed by atoms with E-state index in [1.54, 1.807) is 14.1 Å². The Labute approximate surface area is 191 Å². The normalized spacial score (nSPS) is 19.1. The summed E-state index contributed by atoms with van der Waals surface area (Å²) in [7, 11) is 3.14. The van der Waals surface area contributed by atoms with Gasteiger partial charge >= 0.3 is 5.69 Å². The van der Waals surface area contributed by atoms with Crippen LogP contribution in [0.2, 0.25) is 0 Å².